The molecule has 0 aromatic heterocycles. The number of hydrogen-bond acceptors (Lipinski definition) is 8. The molecule has 0 atom stereocenters. The summed E-state index contributed by atoms with van der Waals surface area (Å²) in [5.41, 5.74) is -0.638. The number of aryl methyl sites for hydroxylation is 2. The average Bonchev–Trinajstić information content (AvgIpc) is 3.08. The van der Waals surface area contributed by atoms with Crippen molar-refractivity contribution in [2.75, 3.05) is 27.4 Å². The largest absolute Gasteiger partial charge is 0.496 e. The summed E-state index contributed by atoms with van der Waals surface area (Å²) in [5.74, 6) is -19.7. The summed E-state index contributed by atoms with van der Waals surface area (Å²) in [7, 11) is -9.20. The van der Waals surface area contributed by atoms with Gasteiger partial charge in [0, 0.05) is 12.7 Å². The predicted octanol–water partition coefficient (Wildman–Crippen LogP) is 8.47. The van der Waals surface area contributed by atoms with Gasteiger partial charge in [-0.1, -0.05) is 18.2 Å². The van der Waals surface area contributed by atoms with Gasteiger partial charge in [-0.25, -0.2) is 8.42 Å². The highest BCUT2D eigenvalue weighted by Gasteiger charge is 2.84. The van der Waals surface area contributed by atoms with E-state index in [0.717, 1.165) is 41.0 Å². The second-order valence-electron chi connectivity index (χ2n) is 11.5. The lowest BCUT2D eigenvalue weighted by Gasteiger charge is -2.36. The van der Waals surface area contributed by atoms with E-state index in [1.54, 1.807) is 31.4 Å². The third-order valence-electron chi connectivity index (χ3n) is 7.91. The van der Waals surface area contributed by atoms with Gasteiger partial charge in [0.25, 0.3) is 0 Å². The Morgan fingerprint density at radius 3 is 1.74 bits per heavy atom. The molecule has 0 heterocycles. The van der Waals surface area contributed by atoms with Crippen molar-refractivity contribution < 1.29 is 75.5 Å². The van der Waals surface area contributed by atoms with E-state index in [4.69, 9.17) is 23.5 Å². The topological polar surface area (TPSA) is 125 Å². The molecule has 0 unspecified atom stereocenters. The second kappa shape index (κ2) is 14.8. The SMILES string of the molecule is COCCOc1cc(-c2ccc(OC)c(C)c2)ccc1Oc1ccc(S(=O)(=O)c2ccc(C)c(C(F)(F)C(F)(F)C(F)(F)C(F)(F)S(=O)(=O)O)c2)cc1. The number of hydrogen-bond donors (Lipinski definition) is 1. The number of methoxy groups -OCH3 is 2. The highest BCUT2D eigenvalue weighted by atomic mass is 32.2. The fourth-order valence-corrected chi connectivity index (χ4v) is 6.68. The van der Waals surface area contributed by atoms with Crippen molar-refractivity contribution >= 4 is 20.0 Å². The molecule has 4 rings (SSSR count). The Bertz CT molecular complexity index is 2190. The van der Waals surface area contributed by atoms with E-state index in [0.29, 0.717) is 24.8 Å². The van der Waals surface area contributed by atoms with E-state index in [-0.39, 0.29) is 36.5 Å². The Kier molecular flexibility index (Phi) is 11.5. The minimum atomic E-state index is -7.38. The Morgan fingerprint density at radius 2 is 1.19 bits per heavy atom. The fraction of sp³-hybridized carbons (Fsp3) is 0.294. The van der Waals surface area contributed by atoms with Gasteiger partial charge in [-0.15, -0.1) is 0 Å². The Labute approximate surface area is 298 Å². The summed E-state index contributed by atoms with van der Waals surface area (Å²) < 4.78 is 194. The molecule has 53 heavy (non-hydrogen) atoms. The Morgan fingerprint density at radius 1 is 0.623 bits per heavy atom. The highest BCUT2D eigenvalue weighted by molar-refractivity contribution is 7.91. The van der Waals surface area contributed by atoms with Crippen molar-refractivity contribution in [1.82, 2.24) is 0 Å². The van der Waals surface area contributed by atoms with Crippen molar-refractivity contribution in [2.24, 2.45) is 0 Å². The van der Waals surface area contributed by atoms with Crippen LogP contribution >= 0.6 is 0 Å². The lowest BCUT2D eigenvalue weighted by molar-refractivity contribution is -0.353. The van der Waals surface area contributed by atoms with Gasteiger partial charge >= 0.3 is 33.1 Å². The van der Waals surface area contributed by atoms with Crippen molar-refractivity contribution in [3.05, 3.63) is 95.6 Å². The molecule has 9 nitrogen and oxygen atoms in total. The molecule has 288 valence electrons. The third kappa shape index (κ3) is 7.65. The summed E-state index contributed by atoms with van der Waals surface area (Å²) in [6.45, 7) is 2.88. The Balaban J connectivity index is 1.66. The molecule has 19 heteroatoms. The van der Waals surface area contributed by atoms with Gasteiger partial charge in [-0.2, -0.15) is 43.5 Å². The zero-order chi connectivity index (χ0) is 39.8. The first-order chi connectivity index (χ1) is 24.4. The molecule has 0 bridgehead atoms. The van der Waals surface area contributed by atoms with E-state index in [1.165, 1.54) is 7.11 Å². The molecular formula is C34H30F8O9S2. The highest BCUT2D eigenvalue weighted by Crippen LogP contribution is 2.58. The minimum absolute atomic E-state index is 0.0475. The molecule has 4 aromatic rings. The molecule has 0 aliphatic heterocycles. The van der Waals surface area contributed by atoms with Gasteiger partial charge in [0.05, 0.1) is 23.5 Å². The number of alkyl halides is 8. The maximum absolute atomic E-state index is 15.1. The van der Waals surface area contributed by atoms with Crippen LogP contribution in [0.5, 0.6) is 23.0 Å². The monoisotopic (exact) mass is 798 g/mol. The molecule has 0 radical (unpaired) electrons. The van der Waals surface area contributed by atoms with Crippen LogP contribution in [0.25, 0.3) is 11.1 Å². The standard InChI is InChI=1S/C34H30F8O9S2/c1-20-5-10-26(19-27(20)31(35,36)32(37,38)33(39,40)34(41,42)53(45,46)47)52(43,44)25-11-8-24(9-12-25)51-29-14-7-23(18-30(29)50-16-15-48-3)22-6-13-28(49-4)21(2)17-22/h5-14,17-19H,15-16H2,1-4H3,(H,45,46,47). The third-order valence-corrected chi connectivity index (χ3v) is 10.6. The molecule has 4 aromatic carbocycles. The normalized spacial score (nSPS) is 13.2. The van der Waals surface area contributed by atoms with Gasteiger partial charge in [0.1, 0.15) is 18.1 Å². The second-order valence-corrected chi connectivity index (χ2v) is 14.9. The fourth-order valence-electron chi connectivity index (χ4n) is 4.95. The van der Waals surface area contributed by atoms with E-state index >= 15 is 8.78 Å². The molecule has 0 aliphatic rings. The molecule has 0 aliphatic carbocycles. The molecule has 0 saturated carbocycles. The zero-order valence-corrected chi connectivity index (χ0v) is 29.6. The van der Waals surface area contributed by atoms with Gasteiger partial charge in [0.15, 0.2) is 11.5 Å². The zero-order valence-electron chi connectivity index (χ0n) is 28.0. The number of sulfone groups is 1. The molecule has 0 spiro atoms. The van der Waals surface area contributed by atoms with Crippen LogP contribution in [0.15, 0.2) is 88.7 Å². The van der Waals surface area contributed by atoms with E-state index in [9.17, 15) is 43.2 Å². The molecule has 1 N–H and O–H groups in total. The first kappa shape index (κ1) is 41.3. The van der Waals surface area contributed by atoms with Crippen molar-refractivity contribution in [2.45, 2.75) is 46.7 Å². The van der Waals surface area contributed by atoms with Crippen LogP contribution in [0.1, 0.15) is 16.7 Å². The first-order valence-corrected chi connectivity index (χ1v) is 17.9. The number of halogens is 8. The van der Waals surface area contributed by atoms with Crippen LogP contribution in [0.2, 0.25) is 0 Å². The van der Waals surface area contributed by atoms with Gasteiger partial charge in [0.2, 0.25) is 9.84 Å². The Hall–Kier alpha value is -4.46. The molecule has 0 fully saturated rings. The lowest BCUT2D eigenvalue weighted by atomic mass is 9.94. The van der Waals surface area contributed by atoms with Crippen molar-refractivity contribution in [3.63, 3.8) is 0 Å². The summed E-state index contributed by atoms with van der Waals surface area (Å²) in [6, 6.07) is 15.8. The van der Waals surface area contributed by atoms with Crippen molar-refractivity contribution in [3.8, 4) is 34.1 Å². The lowest BCUT2D eigenvalue weighted by Crippen LogP contribution is -2.63. The molecule has 0 saturated heterocycles. The molecule has 0 amide bonds. The van der Waals surface area contributed by atoms with E-state index in [1.807, 2.05) is 19.1 Å². The maximum Gasteiger partial charge on any atom is 0.438 e. The summed E-state index contributed by atoms with van der Waals surface area (Å²) in [4.78, 5) is -1.75. The minimum Gasteiger partial charge on any atom is -0.496 e. The summed E-state index contributed by atoms with van der Waals surface area (Å²) in [6.07, 6.45) is 0. The number of rotatable bonds is 15. The van der Waals surface area contributed by atoms with Crippen LogP contribution < -0.4 is 14.2 Å². The van der Waals surface area contributed by atoms with Crippen LogP contribution in [-0.4, -0.2) is 65.9 Å². The maximum atomic E-state index is 15.1. The number of ether oxygens (including phenoxy) is 4. The van der Waals surface area contributed by atoms with Gasteiger partial charge < -0.3 is 18.9 Å². The predicted molar refractivity (Wildman–Crippen MR) is 174 cm³/mol. The van der Waals surface area contributed by atoms with Gasteiger partial charge in [-0.3, -0.25) is 4.55 Å². The van der Waals surface area contributed by atoms with Crippen LogP contribution in [-0.2, 0) is 30.6 Å². The van der Waals surface area contributed by atoms with Crippen LogP contribution in [0.3, 0.4) is 0 Å². The molecular weight excluding hydrogens is 768 g/mol. The van der Waals surface area contributed by atoms with E-state index in [2.05, 4.69) is 0 Å². The summed E-state index contributed by atoms with van der Waals surface area (Å²) in [5, 5.41) is -7.07. The van der Waals surface area contributed by atoms with Crippen LogP contribution in [0.4, 0.5) is 35.1 Å². The van der Waals surface area contributed by atoms with Crippen molar-refractivity contribution in [1.29, 1.82) is 0 Å². The first-order valence-electron chi connectivity index (χ1n) is 15.0. The van der Waals surface area contributed by atoms with E-state index < -0.39 is 63.9 Å². The number of benzene rings is 4. The summed E-state index contributed by atoms with van der Waals surface area (Å²) >= 11 is 0. The van der Waals surface area contributed by atoms with Gasteiger partial charge in [-0.05, 0) is 96.8 Å². The average molecular weight is 799 g/mol. The van der Waals surface area contributed by atoms with Crippen LogP contribution in [0, 0.1) is 13.8 Å². The quantitative estimate of drug-likeness (QED) is 0.0717. The smallest absolute Gasteiger partial charge is 0.438 e.